The van der Waals surface area contributed by atoms with Gasteiger partial charge in [-0.1, -0.05) is 18.2 Å². The monoisotopic (exact) mass is 361 g/mol. The smallest absolute Gasteiger partial charge is 0.387 e. The molecule has 0 aliphatic heterocycles. The maximum Gasteiger partial charge on any atom is 0.387 e. The first-order chi connectivity index (χ1) is 12.6. The van der Waals surface area contributed by atoms with Gasteiger partial charge in [0.05, 0.1) is 7.11 Å². The van der Waals surface area contributed by atoms with Crippen LogP contribution >= 0.6 is 0 Å². The normalized spacial score (nSPS) is 12.0. The highest BCUT2D eigenvalue weighted by Crippen LogP contribution is 2.33. The van der Waals surface area contributed by atoms with Gasteiger partial charge in [0.15, 0.2) is 11.5 Å². The topological polar surface area (TPSA) is 69.4 Å². The first-order valence-corrected chi connectivity index (χ1v) is 7.85. The summed E-state index contributed by atoms with van der Waals surface area (Å²) in [7, 11) is 1.38. The lowest BCUT2D eigenvalue weighted by molar-refractivity contribution is -0.0511. The van der Waals surface area contributed by atoms with E-state index in [9.17, 15) is 8.78 Å². The summed E-state index contributed by atoms with van der Waals surface area (Å²) in [5.74, 6) is 0.935. The Morgan fingerprint density at radius 1 is 1.04 bits per heavy atom. The Hall–Kier alpha value is -3.16. The highest BCUT2D eigenvalue weighted by atomic mass is 19.3. The number of ether oxygens (including phenoxy) is 2. The number of benzene rings is 2. The fourth-order valence-electron chi connectivity index (χ4n) is 2.37. The number of methoxy groups -OCH3 is 1. The number of anilines is 1. The molecule has 8 heteroatoms. The number of alkyl halides is 2. The lowest BCUT2D eigenvalue weighted by Crippen LogP contribution is -2.08. The Balaban J connectivity index is 1.76. The fraction of sp³-hybridized carbons (Fsp3) is 0.222. The van der Waals surface area contributed by atoms with Crippen molar-refractivity contribution in [1.82, 2.24) is 10.2 Å². The SMILES string of the molecule is COc1ccc(NC(C)c2nnc(-c3ccccc3)o2)cc1OC(F)F. The largest absolute Gasteiger partial charge is 0.493 e. The molecule has 0 saturated heterocycles. The first kappa shape index (κ1) is 17.7. The molecule has 1 atom stereocenters. The standard InChI is InChI=1S/C18H17F2N3O3/c1-11(16-22-23-17(26-16)12-6-4-3-5-7-12)21-13-8-9-14(24-2)15(10-13)25-18(19)20/h3-11,18,21H,1-2H3. The molecule has 0 spiro atoms. The molecule has 6 nitrogen and oxygen atoms in total. The van der Waals surface area contributed by atoms with Crippen molar-refractivity contribution in [3.05, 3.63) is 54.4 Å². The van der Waals surface area contributed by atoms with Crippen LogP contribution in [0.25, 0.3) is 11.5 Å². The van der Waals surface area contributed by atoms with Gasteiger partial charge in [-0.15, -0.1) is 10.2 Å². The quantitative estimate of drug-likeness (QED) is 0.667. The van der Waals surface area contributed by atoms with Crippen molar-refractivity contribution in [3.63, 3.8) is 0 Å². The molecule has 1 aromatic heterocycles. The van der Waals surface area contributed by atoms with Gasteiger partial charge in [-0.25, -0.2) is 0 Å². The molecule has 1 N–H and O–H groups in total. The maximum atomic E-state index is 12.5. The Bertz CT molecular complexity index is 856. The molecular weight excluding hydrogens is 344 g/mol. The average Bonchev–Trinajstić information content (AvgIpc) is 3.12. The number of nitrogens with zero attached hydrogens (tertiary/aromatic N) is 2. The lowest BCUT2D eigenvalue weighted by atomic mass is 10.2. The molecule has 0 amide bonds. The van der Waals surface area contributed by atoms with Crippen molar-refractivity contribution in [2.24, 2.45) is 0 Å². The molecule has 0 aliphatic carbocycles. The van der Waals surface area contributed by atoms with Gasteiger partial charge >= 0.3 is 6.61 Å². The van der Waals surface area contributed by atoms with E-state index in [-0.39, 0.29) is 17.5 Å². The van der Waals surface area contributed by atoms with Crippen LogP contribution in [-0.4, -0.2) is 23.9 Å². The zero-order valence-corrected chi connectivity index (χ0v) is 14.1. The van der Waals surface area contributed by atoms with Crippen LogP contribution in [0.3, 0.4) is 0 Å². The number of aromatic nitrogens is 2. The van der Waals surface area contributed by atoms with Crippen LogP contribution in [0.2, 0.25) is 0 Å². The van der Waals surface area contributed by atoms with Crippen molar-refractivity contribution in [3.8, 4) is 23.0 Å². The van der Waals surface area contributed by atoms with Crippen LogP contribution in [0, 0.1) is 0 Å². The summed E-state index contributed by atoms with van der Waals surface area (Å²) in [6, 6.07) is 13.7. The third-order valence-corrected chi connectivity index (χ3v) is 3.59. The molecule has 1 heterocycles. The summed E-state index contributed by atoms with van der Waals surface area (Å²) in [6.45, 7) is -1.12. The van der Waals surface area contributed by atoms with Gasteiger partial charge in [0.25, 0.3) is 0 Å². The van der Waals surface area contributed by atoms with Crippen LogP contribution in [-0.2, 0) is 0 Å². The average molecular weight is 361 g/mol. The van der Waals surface area contributed by atoms with E-state index in [1.165, 1.54) is 19.2 Å². The van der Waals surface area contributed by atoms with Gasteiger partial charge in [0, 0.05) is 17.3 Å². The Morgan fingerprint density at radius 3 is 2.50 bits per heavy atom. The van der Waals surface area contributed by atoms with Gasteiger partial charge in [-0.05, 0) is 31.2 Å². The number of rotatable bonds is 7. The van der Waals surface area contributed by atoms with E-state index in [2.05, 4.69) is 20.3 Å². The van der Waals surface area contributed by atoms with Crippen LogP contribution in [0.4, 0.5) is 14.5 Å². The minimum Gasteiger partial charge on any atom is -0.493 e. The molecule has 1 unspecified atom stereocenters. The van der Waals surface area contributed by atoms with Crippen molar-refractivity contribution in [2.45, 2.75) is 19.6 Å². The molecule has 2 aromatic carbocycles. The van der Waals surface area contributed by atoms with Crippen LogP contribution in [0.1, 0.15) is 18.9 Å². The molecule has 0 aliphatic rings. The van der Waals surface area contributed by atoms with Crippen molar-refractivity contribution in [2.75, 3.05) is 12.4 Å². The third kappa shape index (κ3) is 4.08. The van der Waals surface area contributed by atoms with E-state index in [4.69, 9.17) is 9.15 Å². The zero-order chi connectivity index (χ0) is 18.5. The van der Waals surface area contributed by atoms with Crippen molar-refractivity contribution < 1.29 is 22.7 Å². The number of hydrogen-bond donors (Lipinski definition) is 1. The van der Waals surface area contributed by atoms with E-state index in [0.717, 1.165) is 5.56 Å². The highest BCUT2D eigenvalue weighted by Gasteiger charge is 2.17. The number of hydrogen-bond acceptors (Lipinski definition) is 6. The molecule has 0 saturated carbocycles. The Labute approximate surface area is 148 Å². The summed E-state index contributed by atoms with van der Waals surface area (Å²) in [4.78, 5) is 0. The van der Waals surface area contributed by atoms with Crippen LogP contribution in [0.5, 0.6) is 11.5 Å². The van der Waals surface area contributed by atoms with Crippen LogP contribution in [0.15, 0.2) is 52.9 Å². The second-order valence-corrected chi connectivity index (χ2v) is 5.42. The fourth-order valence-corrected chi connectivity index (χ4v) is 2.37. The van der Waals surface area contributed by atoms with Crippen LogP contribution < -0.4 is 14.8 Å². The summed E-state index contributed by atoms with van der Waals surface area (Å²) in [6.07, 6.45) is 0. The predicted octanol–water partition coefficient (Wildman–Crippen LogP) is 4.52. The Morgan fingerprint density at radius 2 is 1.81 bits per heavy atom. The van der Waals surface area contributed by atoms with E-state index < -0.39 is 6.61 Å². The van der Waals surface area contributed by atoms with Crippen molar-refractivity contribution in [1.29, 1.82) is 0 Å². The summed E-state index contributed by atoms with van der Waals surface area (Å²) in [5.41, 5.74) is 1.36. The van der Waals surface area contributed by atoms with E-state index >= 15 is 0 Å². The maximum absolute atomic E-state index is 12.5. The second kappa shape index (κ2) is 7.81. The minimum absolute atomic E-state index is 0.0600. The predicted molar refractivity (Wildman–Crippen MR) is 91.4 cm³/mol. The molecule has 3 rings (SSSR count). The summed E-state index contributed by atoms with van der Waals surface area (Å²) < 4.78 is 40.2. The molecule has 136 valence electrons. The third-order valence-electron chi connectivity index (χ3n) is 3.59. The summed E-state index contributed by atoms with van der Waals surface area (Å²) in [5, 5.41) is 11.2. The molecule has 0 radical (unpaired) electrons. The van der Waals surface area contributed by atoms with E-state index in [1.807, 2.05) is 37.3 Å². The van der Waals surface area contributed by atoms with E-state index in [1.54, 1.807) is 6.07 Å². The Kier molecular flexibility index (Phi) is 5.31. The van der Waals surface area contributed by atoms with Gasteiger partial charge in [0.2, 0.25) is 11.8 Å². The number of nitrogens with one attached hydrogen (secondary N) is 1. The van der Waals surface area contributed by atoms with Gasteiger partial charge < -0.3 is 19.2 Å². The van der Waals surface area contributed by atoms with Gasteiger partial charge in [-0.2, -0.15) is 8.78 Å². The minimum atomic E-state index is -2.94. The molecule has 3 aromatic rings. The highest BCUT2D eigenvalue weighted by molar-refractivity contribution is 5.55. The molecular formula is C18H17F2N3O3. The zero-order valence-electron chi connectivity index (χ0n) is 14.1. The molecule has 26 heavy (non-hydrogen) atoms. The van der Waals surface area contributed by atoms with Crippen molar-refractivity contribution >= 4 is 5.69 Å². The second-order valence-electron chi connectivity index (χ2n) is 5.42. The lowest BCUT2D eigenvalue weighted by Gasteiger charge is -2.15. The van der Waals surface area contributed by atoms with Gasteiger partial charge in [0.1, 0.15) is 6.04 Å². The van der Waals surface area contributed by atoms with E-state index in [0.29, 0.717) is 17.5 Å². The first-order valence-electron chi connectivity index (χ1n) is 7.85. The summed E-state index contributed by atoms with van der Waals surface area (Å²) >= 11 is 0. The molecule has 0 fully saturated rings. The van der Waals surface area contributed by atoms with Gasteiger partial charge in [-0.3, -0.25) is 0 Å². The molecule has 0 bridgehead atoms. The number of halogens is 2.